The molecule has 1 rings (SSSR count). The Morgan fingerprint density at radius 3 is 2.50 bits per heavy atom. The highest BCUT2D eigenvalue weighted by Crippen LogP contribution is 2.39. The van der Waals surface area contributed by atoms with Crippen LogP contribution in [0, 0.1) is 11.8 Å². The molecule has 1 aliphatic rings. The van der Waals surface area contributed by atoms with Crippen molar-refractivity contribution >= 4 is 18.3 Å². The molecular weight excluding hydrogens is 224 g/mol. The maximum absolute atomic E-state index is 11.9. The van der Waals surface area contributed by atoms with E-state index in [1.54, 1.807) is 0 Å². The fourth-order valence-corrected chi connectivity index (χ4v) is 2.01. The van der Waals surface area contributed by atoms with Crippen molar-refractivity contribution in [1.82, 2.24) is 5.32 Å². The van der Waals surface area contributed by atoms with Gasteiger partial charge in [-0.05, 0) is 32.1 Å². The van der Waals surface area contributed by atoms with E-state index in [1.807, 2.05) is 6.92 Å². The number of amides is 1. The fourth-order valence-electron chi connectivity index (χ4n) is 2.01. The van der Waals surface area contributed by atoms with Crippen molar-refractivity contribution in [2.45, 2.75) is 52.0 Å². The molecule has 16 heavy (non-hydrogen) atoms. The van der Waals surface area contributed by atoms with E-state index >= 15 is 0 Å². The summed E-state index contributed by atoms with van der Waals surface area (Å²) >= 11 is 0. The molecule has 3 nitrogen and oxygen atoms in total. The second-order valence-electron chi connectivity index (χ2n) is 5.07. The van der Waals surface area contributed by atoms with Crippen LogP contribution in [0.15, 0.2) is 0 Å². The molecule has 1 fully saturated rings. The first kappa shape index (κ1) is 15.7. The van der Waals surface area contributed by atoms with Crippen molar-refractivity contribution < 1.29 is 4.79 Å². The molecule has 1 amide bonds. The summed E-state index contributed by atoms with van der Waals surface area (Å²) < 4.78 is 0. The normalized spacial score (nSPS) is 20.5. The highest BCUT2D eigenvalue weighted by atomic mass is 35.5. The number of halogens is 1. The van der Waals surface area contributed by atoms with Crippen LogP contribution in [0.2, 0.25) is 0 Å². The largest absolute Gasteiger partial charge is 0.349 e. The molecule has 0 aliphatic heterocycles. The van der Waals surface area contributed by atoms with Gasteiger partial charge in [0.2, 0.25) is 5.91 Å². The topological polar surface area (TPSA) is 55.1 Å². The Kier molecular flexibility index (Phi) is 6.34. The first-order valence-corrected chi connectivity index (χ1v) is 6.05. The first-order valence-electron chi connectivity index (χ1n) is 6.05. The molecule has 0 saturated heterocycles. The van der Waals surface area contributed by atoms with E-state index in [-0.39, 0.29) is 29.8 Å². The highest BCUT2D eigenvalue weighted by molar-refractivity contribution is 5.85. The molecule has 1 saturated carbocycles. The lowest BCUT2D eigenvalue weighted by Crippen LogP contribution is -2.54. The van der Waals surface area contributed by atoms with Crippen molar-refractivity contribution in [2.75, 3.05) is 6.54 Å². The minimum absolute atomic E-state index is 0. The van der Waals surface area contributed by atoms with Crippen LogP contribution in [0.1, 0.15) is 46.5 Å². The van der Waals surface area contributed by atoms with Gasteiger partial charge in [-0.1, -0.05) is 20.3 Å². The van der Waals surface area contributed by atoms with Gasteiger partial charge in [0.1, 0.15) is 0 Å². The molecule has 4 heteroatoms. The van der Waals surface area contributed by atoms with Crippen LogP contribution in [0.25, 0.3) is 0 Å². The summed E-state index contributed by atoms with van der Waals surface area (Å²) in [6.45, 7) is 6.71. The molecule has 1 aliphatic carbocycles. The van der Waals surface area contributed by atoms with Crippen LogP contribution in [0.3, 0.4) is 0 Å². The molecule has 3 N–H and O–H groups in total. The van der Waals surface area contributed by atoms with Crippen LogP contribution >= 0.6 is 12.4 Å². The molecule has 2 unspecified atom stereocenters. The third-order valence-corrected chi connectivity index (χ3v) is 3.48. The van der Waals surface area contributed by atoms with Gasteiger partial charge in [0, 0.05) is 12.5 Å². The summed E-state index contributed by atoms with van der Waals surface area (Å²) in [5.41, 5.74) is 5.59. The third kappa shape index (κ3) is 3.95. The Balaban J connectivity index is 0.00000225. The molecule has 0 bridgehead atoms. The van der Waals surface area contributed by atoms with Crippen molar-refractivity contribution in [1.29, 1.82) is 0 Å². The number of rotatable bonds is 6. The number of carbonyl (C=O) groups is 1. The minimum atomic E-state index is -0.168. The first-order chi connectivity index (χ1) is 7.03. The molecule has 0 aromatic heterocycles. The Morgan fingerprint density at radius 1 is 1.56 bits per heavy atom. The SMILES string of the molecule is CCCC(C)C(=O)NC(C)(CN)C1CC1.Cl. The zero-order valence-electron chi connectivity index (χ0n) is 10.6. The molecule has 0 heterocycles. The van der Waals surface area contributed by atoms with E-state index in [1.165, 1.54) is 12.8 Å². The van der Waals surface area contributed by atoms with Gasteiger partial charge in [-0.2, -0.15) is 0 Å². The Labute approximate surface area is 105 Å². The molecule has 96 valence electrons. The van der Waals surface area contributed by atoms with Crippen molar-refractivity contribution in [3.63, 3.8) is 0 Å². The van der Waals surface area contributed by atoms with E-state index in [2.05, 4.69) is 19.2 Å². The van der Waals surface area contributed by atoms with E-state index in [0.29, 0.717) is 12.5 Å². The number of nitrogens with two attached hydrogens (primary N) is 1. The van der Waals surface area contributed by atoms with Crippen LogP contribution in [-0.4, -0.2) is 18.0 Å². The van der Waals surface area contributed by atoms with Gasteiger partial charge in [0.05, 0.1) is 5.54 Å². The lowest BCUT2D eigenvalue weighted by atomic mass is 9.94. The average Bonchev–Trinajstić information content (AvgIpc) is 3.01. The summed E-state index contributed by atoms with van der Waals surface area (Å²) in [5, 5.41) is 3.13. The predicted molar refractivity (Wildman–Crippen MR) is 69.6 cm³/mol. The number of hydrogen-bond acceptors (Lipinski definition) is 2. The standard InChI is InChI=1S/C12H24N2O.ClH/c1-4-5-9(2)11(15)14-12(3,8-13)10-6-7-10;/h9-10H,4-8,13H2,1-3H3,(H,14,15);1H. The summed E-state index contributed by atoms with van der Waals surface area (Å²) in [4.78, 5) is 11.9. The second-order valence-corrected chi connectivity index (χ2v) is 5.07. The van der Waals surface area contributed by atoms with Gasteiger partial charge in [0.25, 0.3) is 0 Å². The molecular formula is C12H25ClN2O. The smallest absolute Gasteiger partial charge is 0.223 e. The quantitative estimate of drug-likeness (QED) is 0.756. The summed E-state index contributed by atoms with van der Waals surface area (Å²) in [6.07, 6.45) is 4.42. The monoisotopic (exact) mass is 248 g/mol. The average molecular weight is 249 g/mol. The zero-order valence-corrected chi connectivity index (χ0v) is 11.4. The Bertz CT molecular complexity index is 231. The summed E-state index contributed by atoms with van der Waals surface area (Å²) in [5.74, 6) is 0.872. The van der Waals surface area contributed by atoms with Gasteiger partial charge in [-0.25, -0.2) is 0 Å². The van der Waals surface area contributed by atoms with Gasteiger partial charge >= 0.3 is 0 Å². The minimum Gasteiger partial charge on any atom is -0.349 e. The predicted octanol–water partition coefficient (Wildman–Crippen LogP) is 2.09. The number of nitrogens with one attached hydrogen (secondary N) is 1. The molecule has 0 spiro atoms. The maximum Gasteiger partial charge on any atom is 0.223 e. The van der Waals surface area contributed by atoms with Gasteiger partial charge in [-0.3, -0.25) is 4.79 Å². The van der Waals surface area contributed by atoms with E-state index < -0.39 is 0 Å². The van der Waals surface area contributed by atoms with Crippen molar-refractivity contribution in [2.24, 2.45) is 17.6 Å². The second kappa shape index (κ2) is 6.45. The highest BCUT2D eigenvalue weighted by Gasteiger charge is 2.41. The molecule has 0 aromatic rings. The fraction of sp³-hybridized carbons (Fsp3) is 0.917. The maximum atomic E-state index is 11.9. The molecule has 0 aromatic carbocycles. The summed E-state index contributed by atoms with van der Waals surface area (Å²) in [6, 6.07) is 0. The van der Waals surface area contributed by atoms with Crippen molar-refractivity contribution in [3.05, 3.63) is 0 Å². The van der Waals surface area contributed by atoms with E-state index in [4.69, 9.17) is 5.73 Å². The molecule has 0 radical (unpaired) electrons. The van der Waals surface area contributed by atoms with Gasteiger partial charge in [-0.15, -0.1) is 12.4 Å². The summed E-state index contributed by atoms with van der Waals surface area (Å²) in [7, 11) is 0. The van der Waals surface area contributed by atoms with Crippen molar-refractivity contribution in [3.8, 4) is 0 Å². The lowest BCUT2D eigenvalue weighted by molar-refractivity contribution is -0.126. The Morgan fingerprint density at radius 2 is 2.12 bits per heavy atom. The van der Waals surface area contributed by atoms with Crippen LogP contribution in [0.4, 0.5) is 0 Å². The number of carbonyl (C=O) groups excluding carboxylic acids is 1. The van der Waals surface area contributed by atoms with Gasteiger partial charge < -0.3 is 11.1 Å². The van der Waals surface area contributed by atoms with Crippen LogP contribution in [-0.2, 0) is 4.79 Å². The van der Waals surface area contributed by atoms with E-state index in [0.717, 1.165) is 12.8 Å². The van der Waals surface area contributed by atoms with Crippen LogP contribution < -0.4 is 11.1 Å². The lowest BCUT2D eigenvalue weighted by Gasteiger charge is -2.30. The van der Waals surface area contributed by atoms with Crippen LogP contribution in [0.5, 0.6) is 0 Å². The van der Waals surface area contributed by atoms with E-state index in [9.17, 15) is 4.79 Å². The molecule has 2 atom stereocenters. The Hall–Kier alpha value is -0.280. The zero-order chi connectivity index (χ0) is 11.5. The third-order valence-electron chi connectivity index (χ3n) is 3.48. The number of hydrogen-bond donors (Lipinski definition) is 2. The van der Waals surface area contributed by atoms with Gasteiger partial charge in [0.15, 0.2) is 0 Å².